The molecule has 1 heterocycles. The van der Waals surface area contributed by atoms with Gasteiger partial charge in [0.05, 0.1) is 4.90 Å². The summed E-state index contributed by atoms with van der Waals surface area (Å²) in [6.45, 7) is 2.98. The van der Waals surface area contributed by atoms with Gasteiger partial charge in [0, 0.05) is 6.07 Å². The monoisotopic (exact) mass is 312 g/mol. The van der Waals surface area contributed by atoms with Crippen LogP contribution >= 0.6 is 0 Å². The molecule has 1 aromatic heterocycles. The van der Waals surface area contributed by atoms with Gasteiger partial charge in [-0.05, 0) is 37.1 Å². The summed E-state index contributed by atoms with van der Waals surface area (Å²) in [7, 11) is -3.96. The van der Waals surface area contributed by atoms with Gasteiger partial charge in [0.15, 0.2) is 5.82 Å². The Kier molecular flexibility index (Phi) is 3.69. The molecule has 0 spiro atoms. The van der Waals surface area contributed by atoms with Crippen LogP contribution in [0.2, 0.25) is 0 Å². The smallest absolute Gasteiger partial charge is 0.266 e. The third kappa shape index (κ3) is 3.02. The topological polar surface area (TPSA) is 118 Å². The average Bonchev–Trinajstić information content (AvgIpc) is 2.74. The maximum atomic E-state index is 13.2. The molecule has 1 aromatic carbocycles. The van der Waals surface area contributed by atoms with E-state index in [-0.39, 0.29) is 27.5 Å². The summed E-state index contributed by atoms with van der Waals surface area (Å²) in [6, 6.07) is 3.43. The molecule has 0 radical (unpaired) electrons. The lowest BCUT2D eigenvalue weighted by Gasteiger charge is -2.11. The number of nitrogens with two attached hydrogens (primary N) is 1. The van der Waals surface area contributed by atoms with Gasteiger partial charge in [0.25, 0.3) is 15.9 Å². The summed E-state index contributed by atoms with van der Waals surface area (Å²) in [5.41, 5.74) is 5.55. The number of H-pyrrole nitrogens is 1. The molecule has 0 fully saturated rings. The number of halogens is 1. The molecule has 0 atom stereocenters. The van der Waals surface area contributed by atoms with Gasteiger partial charge in [-0.25, -0.2) is 12.8 Å². The number of rotatable bonds is 4. The van der Waals surface area contributed by atoms with E-state index in [4.69, 9.17) is 5.73 Å². The number of carbonyl (C=O) groups is 1. The van der Waals surface area contributed by atoms with Gasteiger partial charge in [0.1, 0.15) is 11.5 Å². The van der Waals surface area contributed by atoms with Crippen molar-refractivity contribution in [2.75, 3.05) is 4.72 Å². The lowest BCUT2D eigenvalue weighted by molar-refractivity contribution is 0.0995. The molecular formula is C12H13FN4O3S. The third-order valence-corrected chi connectivity index (χ3v) is 4.44. The van der Waals surface area contributed by atoms with E-state index in [0.717, 1.165) is 12.1 Å². The van der Waals surface area contributed by atoms with Crippen molar-refractivity contribution < 1.29 is 17.6 Å². The number of sulfonamides is 1. The van der Waals surface area contributed by atoms with Gasteiger partial charge in [-0.15, -0.1) is 0 Å². The Morgan fingerprint density at radius 2 is 1.86 bits per heavy atom. The van der Waals surface area contributed by atoms with E-state index in [1.807, 2.05) is 0 Å². The normalized spacial score (nSPS) is 11.4. The number of hydrogen-bond acceptors (Lipinski definition) is 4. The molecule has 0 saturated heterocycles. The highest BCUT2D eigenvalue weighted by atomic mass is 32.2. The van der Waals surface area contributed by atoms with Crippen LogP contribution in [0.5, 0.6) is 0 Å². The Morgan fingerprint density at radius 3 is 2.33 bits per heavy atom. The minimum Gasteiger partial charge on any atom is -0.364 e. The summed E-state index contributed by atoms with van der Waals surface area (Å²) < 4.78 is 40.1. The minimum absolute atomic E-state index is 0.0275. The van der Waals surface area contributed by atoms with Gasteiger partial charge in [0.2, 0.25) is 0 Å². The maximum Gasteiger partial charge on any atom is 0.266 e. The van der Waals surface area contributed by atoms with Crippen molar-refractivity contribution in [3.63, 3.8) is 0 Å². The van der Waals surface area contributed by atoms with E-state index >= 15 is 0 Å². The van der Waals surface area contributed by atoms with Crippen LogP contribution in [0.15, 0.2) is 23.1 Å². The van der Waals surface area contributed by atoms with Gasteiger partial charge in [-0.2, -0.15) is 5.10 Å². The SMILES string of the molecule is Cc1cc(F)cc(C)c1S(=O)(=O)Nc1cc(C(N)=O)[nH]n1. The molecule has 0 aliphatic heterocycles. The molecule has 9 heteroatoms. The molecule has 7 nitrogen and oxygen atoms in total. The van der Waals surface area contributed by atoms with Crippen LogP contribution in [0, 0.1) is 19.7 Å². The number of primary amides is 1. The quantitative estimate of drug-likeness (QED) is 0.782. The fourth-order valence-corrected chi connectivity index (χ4v) is 3.46. The van der Waals surface area contributed by atoms with Gasteiger partial charge < -0.3 is 5.73 Å². The van der Waals surface area contributed by atoms with Crippen LogP contribution in [0.3, 0.4) is 0 Å². The molecule has 0 aliphatic carbocycles. The van der Waals surface area contributed by atoms with E-state index in [1.165, 1.54) is 19.9 Å². The number of hydrogen-bond donors (Lipinski definition) is 3. The number of aromatic nitrogens is 2. The van der Waals surface area contributed by atoms with Crippen LogP contribution < -0.4 is 10.5 Å². The molecule has 112 valence electrons. The Hall–Kier alpha value is -2.42. The number of aryl methyl sites for hydroxylation is 2. The summed E-state index contributed by atoms with van der Waals surface area (Å²) in [6.07, 6.45) is 0. The molecule has 0 saturated carbocycles. The predicted octanol–water partition coefficient (Wildman–Crippen LogP) is 1.07. The van der Waals surface area contributed by atoms with Crippen LogP contribution in [0.4, 0.5) is 10.2 Å². The zero-order chi connectivity index (χ0) is 15.8. The number of benzene rings is 1. The van der Waals surface area contributed by atoms with Crippen LogP contribution in [0.1, 0.15) is 21.6 Å². The highest BCUT2D eigenvalue weighted by Gasteiger charge is 2.22. The number of nitrogens with one attached hydrogen (secondary N) is 2. The summed E-state index contributed by atoms with van der Waals surface area (Å²) in [5.74, 6) is -1.35. The average molecular weight is 312 g/mol. The molecule has 21 heavy (non-hydrogen) atoms. The summed E-state index contributed by atoms with van der Waals surface area (Å²) in [5, 5.41) is 5.94. The molecule has 2 rings (SSSR count). The van der Waals surface area contributed by atoms with E-state index in [2.05, 4.69) is 14.9 Å². The van der Waals surface area contributed by atoms with Crippen LogP contribution in [-0.4, -0.2) is 24.5 Å². The van der Waals surface area contributed by atoms with Crippen LogP contribution in [0.25, 0.3) is 0 Å². The molecular weight excluding hydrogens is 299 g/mol. The fraction of sp³-hybridized carbons (Fsp3) is 0.167. The number of nitrogens with zero attached hydrogens (tertiary/aromatic N) is 1. The highest BCUT2D eigenvalue weighted by molar-refractivity contribution is 7.92. The lowest BCUT2D eigenvalue weighted by atomic mass is 10.1. The molecule has 2 aromatic rings. The Bertz CT molecular complexity index is 791. The predicted molar refractivity (Wildman–Crippen MR) is 73.8 cm³/mol. The Morgan fingerprint density at radius 1 is 1.29 bits per heavy atom. The van der Waals surface area contributed by atoms with E-state index in [0.29, 0.717) is 0 Å². The summed E-state index contributed by atoms with van der Waals surface area (Å²) >= 11 is 0. The minimum atomic E-state index is -3.96. The van der Waals surface area contributed by atoms with Crippen molar-refractivity contribution in [3.8, 4) is 0 Å². The van der Waals surface area contributed by atoms with E-state index in [1.54, 1.807) is 0 Å². The second-order valence-corrected chi connectivity index (χ2v) is 6.12. The second kappa shape index (κ2) is 5.17. The Labute approximate surface area is 120 Å². The highest BCUT2D eigenvalue weighted by Crippen LogP contribution is 2.23. The van der Waals surface area contributed by atoms with Gasteiger partial charge in [-0.3, -0.25) is 14.6 Å². The first kappa shape index (κ1) is 15.0. The maximum absolute atomic E-state index is 13.2. The first-order valence-corrected chi connectivity index (χ1v) is 7.34. The van der Waals surface area contributed by atoms with Crippen LogP contribution in [-0.2, 0) is 10.0 Å². The van der Waals surface area contributed by atoms with Crippen molar-refractivity contribution in [1.82, 2.24) is 10.2 Å². The molecule has 0 aliphatic rings. The molecule has 1 amide bonds. The van der Waals surface area contributed by atoms with Crippen molar-refractivity contribution in [1.29, 1.82) is 0 Å². The van der Waals surface area contributed by atoms with E-state index < -0.39 is 21.7 Å². The number of aromatic amines is 1. The van der Waals surface area contributed by atoms with Crippen molar-refractivity contribution in [3.05, 3.63) is 40.8 Å². The lowest BCUT2D eigenvalue weighted by Crippen LogP contribution is -2.16. The summed E-state index contributed by atoms with van der Waals surface area (Å²) in [4.78, 5) is 10.9. The van der Waals surface area contributed by atoms with Crippen molar-refractivity contribution in [2.24, 2.45) is 5.73 Å². The zero-order valence-electron chi connectivity index (χ0n) is 11.3. The van der Waals surface area contributed by atoms with Crippen molar-refractivity contribution in [2.45, 2.75) is 18.7 Å². The number of carbonyl (C=O) groups excluding carboxylic acids is 1. The second-order valence-electron chi connectivity index (χ2n) is 4.51. The standard InChI is InChI=1S/C12H13FN4O3S/c1-6-3-8(13)4-7(2)11(6)21(19,20)17-10-5-9(12(14)18)15-16-10/h3-5H,1-2H3,(H2,14,18)(H2,15,16,17). The first-order chi connectivity index (χ1) is 9.70. The third-order valence-electron chi connectivity index (χ3n) is 2.78. The zero-order valence-corrected chi connectivity index (χ0v) is 12.1. The van der Waals surface area contributed by atoms with Gasteiger partial charge >= 0.3 is 0 Å². The fourth-order valence-electron chi connectivity index (χ4n) is 2.01. The van der Waals surface area contributed by atoms with E-state index in [9.17, 15) is 17.6 Å². The van der Waals surface area contributed by atoms with Crippen molar-refractivity contribution >= 4 is 21.7 Å². The molecule has 4 N–H and O–H groups in total. The number of amides is 1. The largest absolute Gasteiger partial charge is 0.364 e. The first-order valence-electron chi connectivity index (χ1n) is 5.85. The number of anilines is 1. The molecule has 0 bridgehead atoms. The van der Waals surface area contributed by atoms with Gasteiger partial charge in [-0.1, -0.05) is 0 Å². The Balaban J connectivity index is 2.41. The molecule has 0 unspecified atom stereocenters.